The zero-order valence-corrected chi connectivity index (χ0v) is 8.32. The Morgan fingerprint density at radius 2 is 2.33 bits per heavy atom. The van der Waals surface area contributed by atoms with Crippen LogP contribution in [0.15, 0.2) is 0 Å². The summed E-state index contributed by atoms with van der Waals surface area (Å²) < 4.78 is 0. The van der Waals surface area contributed by atoms with E-state index in [-0.39, 0.29) is 19.6 Å². The summed E-state index contributed by atoms with van der Waals surface area (Å²) in [4.78, 5) is 34.1. The summed E-state index contributed by atoms with van der Waals surface area (Å²) in [5.74, 6) is -0.895. The Morgan fingerprint density at radius 3 is 2.80 bits per heavy atom. The molecule has 0 saturated carbocycles. The number of imide groups is 1. The van der Waals surface area contributed by atoms with Crippen LogP contribution in [0.3, 0.4) is 0 Å². The van der Waals surface area contributed by atoms with Crippen LogP contribution in [0, 0.1) is 0 Å². The summed E-state index contributed by atoms with van der Waals surface area (Å²) in [6.45, 7) is 1.25. The van der Waals surface area contributed by atoms with Crippen molar-refractivity contribution in [3.05, 3.63) is 0 Å². The average molecular weight is 215 g/mol. The van der Waals surface area contributed by atoms with E-state index in [2.05, 4.69) is 10.6 Å². The van der Waals surface area contributed by atoms with Gasteiger partial charge in [0.15, 0.2) is 0 Å². The number of nitrogens with one attached hydrogen (secondary N) is 2. The molecule has 1 fully saturated rings. The highest BCUT2D eigenvalue weighted by molar-refractivity contribution is 6.04. The Hall–Kier alpha value is -1.63. The zero-order chi connectivity index (χ0) is 11.4. The Bertz CT molecular complexity index is 274. The van der Waals surface area contributed by atoms with Crippen molar-refractivity contribution in [2.75, 3.05) is 19.6 Å². The third-order valence-corrected chi connectivity index (χ3v) is 1.83. The molecule has 0 aromatic rings. The maximum Gasteiger partial charge on any atom is 0.325 e. The number of nitrogens with zero attached hydrogens (tertiary/aromatic N) is 1. The molecule has 84 valence electrons. The van der Waals surface area contributed by atoms with E-state index in [4.69, 9.17) is 5.11 Å². The van der Waals surface area contributed by atoms with Gasteiger partial charge in [0.25, 0.3) is 5.91 Å². The van der Waals surface area contributed by atoms with Gasteiger partial charge in [-0.3, -0.25) is 14.5 Å². The van der Waals surface area contributed by atoms with Crippen molar-refractivity contribution in [1.29, 1.82) is 0 Å². The molecule has 0 radical (unpaired) electrons. The lowest BCUT2D eigenvalue weighted by Crippen LogP contribution is -2.42. The molecule has 0 aromatic carbocycles. The largest absolute Gasteiger partial charge is 0.392 e. The second-order valence-electron chi connectivity index (χ2n) is 3.29. The lowest BCUT2D eigenvalue weighted by Gasteiger charge is -2.12. The van der Waals surface area contributed by atoms with Crippen molar-refractivity contribution in [1.82, 2.24) is 15.5 Å². The van der Waals surface area contributed by atoms with Gasteiger partial charge in [-0.05, 0) is 6.92 Å². The Balaban J connectivity index is 2.37. The molecule has 0 bridgehead atoms. The second kappa shape index (κ2) is 4.74. The molecular formula is C8H13N3O4. The van der Waals surface area contributed by atoms with Gasteiger partial charge in [0.05, 0.1) is 12.6 Å². The van der Waals surface area contributed by atoms with Crippen LogP contribution < -0.4 is 10.6 Å². The minimum absolute atomic E-state index is 0.0669. The van der Waals surface area contributed by atoms with Gasteiger partial charge in [-0.2, -0.15) is 0 Å². The number of rotatable bonds is 4. The van der Waals surface area contributed by atoms with Gasteiger partial charge in [-0.15, -0.1) is 0 Å². The molecule has 3 N–H and O–H groups in total. The third kappa shape index (κ3) is 3.21. The molecule has 1 aliphatic heterocycles. The third-order valence-electron chi connectivity index (χ3n) is 1.83. The number of hydrogen-bond donors (Lipinski definition) is 3. The van der Waals surface area contributed by atoms with Crippen molar-refractivity contribution >= 4 is 17.8 Å². The van der Waals surface area contributed by atoms with E-state index in [1.54, 1.807) is 0 Å². The zero-order valence-electron chi connectivity index (χ0n) is 8.32. The molecule has 7 nitrogen and oxygen atoms in total. The van der Waals surface area contributed by atoms with Crippen LogP contribution in [-0.4, -0.2) is 53.6 Å². The summed E-state index contributed by atoms with van der Waals surface area (Å²) in [5.41, 5.74) is 0. The molecule has 15 heavy (non-hydrogen) atoms. The number of urea groups is 1. The van der Waals surface area contributed by atoms with Gasteiger partial charge in [0.1, 0.15) is 6.54 Å². The quantitative estimate of drug-likeness (QED) is 0.474. The fraction of sp³-hybridized carbons (Fsp3) is 0.625. The van der Waals surface area contributed by atoms with E-state index in [0.717, 1.165) is 4.90 Å². The van der Waals surface area contributed by atoms with E-state index >= 15 is 0 Å². The highest BCUT2D eigenvalue weighted by atomic mass is 16.3. The first-order chi connectivity index (χ1) is 7.00. The van der Waals surface area contributed by atoms with E-state index in [1.165, 1.54) is 6.92 Å². The molecule has 0 aromatic heterocycles. The highest BCUT2D eigenvalue weighted by Crippen LogP contribution is 1.97. The summed E-state index contributed by atoms with van der Waals surface area (Å²) in [5, 5.41) is 13.6. The topological polar surface area (TPSA) is 98.7 Å². The molecule has 1 atom stereocenters. The molecule has 1 unspecified atom stereocenters. The van der Waals surface area contributed by atoms with Crippen molar-refractivity contribution in [3.63, 3.8) is 0 Å². The van der Waals surface area contributed by atoms with Crippen molar-refractivity contribution in [2.24, 2.45) is 0 Å². The monoisotopic (exact) mass is 215 g/mol. The first-order valence-corrected chi connectivity index (χ1v) is 4.53. The predicted octanol–water partition coefficient (Wildman–Crippen LogP) is -1.96. The number of hydrogen-bond acceptors (Lipinski definition) is 4. The second-order valence-corrected chi connectivity index (χ2v) is 3.29. The summed E-state index contributed by atoms with van der Waals surface area (Å²) >= 11 is 0. The van der Waals surface area contributed by atoms with Gasteiger partial charge < -0.3 is 15.7 Å². The van der Waals surface area contributed by atoms with Gasteiger partial charge >= 0.3 is 6.03 Å². The molecule has 1 heterocycles. The van der Waals surface area contributed by atoms with Crippen molar-refractivity contribution < 1.29 is 19.5 Å². The molecule has 7 heteroatoms. The fourth-order valence-corrected chi connectivity index (χ4v) is 1.08. The van der Waals surface area contributed by atoms with Crippen LogP contribution in [0.25, 0.3) is 0 Å². The van der Waals surface area contributed by atoms with Gasteiger partial charge in [0, 0.05) is 6.54 Å². The first-order valence-electron chi connectivity index (χ1n) is 4.53. The molecular weight excluding hydrogens is 202 g/mol. The maximum atomic E-state index is 11.2. The van der Waals surface area contributed by atoms with Crippen LogP contribution >= 0.6 is 0 Å². The number of carbonyl (C=O) groups is 3. The van der Waals surface area contributed by atoms with E-state index in [9.17, 15) is 14.4 Å². The molecule has 4 amide bonds. The molecule has 1 saturated heterocycles. The first kappa shape index (κ1) is 11.4. The van der Waals surface area contributed by atoms with Crippen LogP contribution in [0.2, 0.25) is 0 Å². The Kier molecular flexibility index (Phi) is 3.62. The van der Waals surface area contributed by atoms with Crippen LogP contribution in [0.4, 0.5) is 4.79 Å². The normalized spacial score (nSPS) is 17.6. The minimum Gasteiger partial charge on any atom is -0.392 e. The summed E-state index contributed by atoms with van der Waals surface area (Å²) in [6.07, 6.45) is -0.656. The van der Waals surface area contributed by atoms with E-state index < -0.39 is 23.9 Å². The molecule has 0 spiro atoms. The highest BCUT2D eigenvalue weighted by Gasteiger charge is 2.29. The SMILES string of the molecule is CC(O)CNC(=O)CN1C(=O)CNC1=O. The van der Waals surface area contributed by atoms with Gasteiger partial charge in [-0.25, -0.2) is 4.79 Å². The van der Waals surface area contributed by atoms with Crippen LogP contribution in [0.1, 0.15) is 6.92 Å². The molecule has 0 aliphatic carbocycles. The smallest absolute Gasteiger partial charge is 0.325 e. The van der Waals surface area contributed by atoms with E-state index in [0.29, 0.717) is 0 Å². The standard InChI is InChI=1S/C8H13N3O4/c1-5(12)2-9-6(13)4-11-7(14)3-10-8(11)15/h5,12H,2-4H2,1H3,(H,9,13)(H,10,15). The molecule has 1 aliphatic rings. The van der Waals surface area contributed by atoms with Gasteiger partial charge in [-0.1, -0.05) is 0 Å². The lowest BCUT2D eigenvalue weighted by molar-refractivity contribution is -0.130. The Labute approximate surface area is 86.4 Å². The van der Waals surface area contributed by atoms with Crippen LogP contribution in [-0.2, 0) is 9.59 Å². The lowest BCUT2D eigenvalue weighted by atomic mass is 10.4. The average Bonchev–Trinajstić information content (AvgIpc) is 2.46. The minimum atomic E-state index is -0.656. The number of aliphatic hydroxyl groups is 1. The predicted molar refractivity (Wildman–Crippen MR) is 49.8 cm³/mol. The maximum absolute atomic E-state index is 11.2. The number of amides is 4. The number of carbonyl (C=O) groups excluding carboxylic acids is 3. The van der Waals surface area contributed by atoms with E-state index in [1.807, 2.05) is 0 Å². The number of aliphatic hydroxyl groups excluding tert-OH is 1. The van der Waals surface area contributed by atoms with Crippen molar-refractivity contribution in [2.45, 2.75) is 13.0 Å². The molecule has 1 rings (SSSR count). The van der Waals surface area contributed by atoms with Gasteiger partial charge in [0.2, 0.25) is 5.91 Å². The summed E-state index contributed by atoms with van der Waals surface area (Å²) in [6, 6.07) is -0.563. The fourth-order valence-electron chi connectivity index (χ4n) is 1.08. The Morgan fingerprint density at radius 1 is 1.67 bits per heavy atom. The van der Waals surface area contributed by atoms with Crippen molar-refractivity contribution in [3.8, 4) is 0 Å². The summed E-state index contributed by atoms with van der Waals surface area (Å²) in [7, 11) is 0. The van der Waals surface area contributed by atoms with Crippen LogP contribution in [0.5, 0.6) is 0 Å².